The van der Waals surface area contributed by atoms with Gasteiger partial charge >= 0.3 is 0 Å². The van der Waals surface area contributed by atoms with Gasteiger partial charge in [0.15, 0.2) is 0 Å². The minimum atomic E-state index is 0.146. The molecule has 0 saturated carbocycles. The normalized spacial score (nSPS) is 20.4. The van der Waals surface area contributed by atoms with Gasteiger partial charge in [0.1, 0.15) is 0 Å². The first-order valence-electron chi connectivity index (χ1n) is 6.29. The summed E-state index contributed by atoms with van der Waals surface area (Å²) in [6, 6.07) is 7.59. The van der Waals surface area contributed by atoms with E-state index in [-0.39, 0.29) is 5.91 Å². The predicted octanol–water partition coefficient (Wildman–Crippen LogP) is 3.74. The number of amides is 1. The first kappa shape index (κ1) is 12.4. The molecule has 92 valence electrons. The number of benzene rings is 1. The van der Waals surface area contributed by atoms with Crippen LogP contribution in [0.25, 0.3) is 0 Å². The zero-order chi connectivity index (χ0) is 12.3. The molecule has 1 saturated heterocycles. The van der Waals surface area contributed by atoms with Crippen LogP contribution in [0, 0.1) is 0 Å². The van der Waals surface area contributed by atoms with E-state index in [9.17, 15) is 4.79 Å². The number of nitrogens with zero attached hydrogens (tertiary/aromatic N) is 1. The number of carbonyl (C=O) groups excluding carboxylic acids is 1. The minimum Gasteiger partial charge on any atom is -0.336 e. The number of likely N-dealkylation sites (tertiary alicyclic amines) is 1. The number of hydrogen-bond donors (Lipinski definition) is 0. The smallest absolute Gasteiger partial charge is 0.254 e. The van der Waals surface area contributed by atoms with Crippen molar-refractivity contribution in [3.05, 3.63) is 34.9 Å². The Kier molecular flexibility index (Phi) is 4.06. The zero-order valence-electron chi connectivity index (χ0n) is 10.2. The van der Waals surface area contributed by atoms with Gasteiger partial charge in [-0.15, -0.1) is 0 Å². The summed E-state index contributed by atoms with van der Waals surface area (Å²) < 4.78 is 0. The molecule has 0 radical (unpaired) electrons. The highest BCUT2D eigenvalue weighted by Crippen LogP contribution is 2.22. The molecule has 3 heteroatoms. The van der Waals surface area contributed by atoms with Crippen LogP contribution in [0.2, 0.25) is 5.02 Å². The summed E-state index contributed by atoms with van der Waals surface area (Å²) in [4.78, 5) is 14.4. The fourth-order valence-electron chi connectivity index (χ4n) is 2.45. The highest BCUT2D eigenvalue weighted by atomic mass is 35.5. The first-order chi connectivity index (χ1) is 8.22. The molecular formula is C14H18ClNO. The van der Waals surface area contributed by atoms with Crippen LogP contribution in [-0.4, -0.2) is 23.4 Å². The molecule has 0 N–H and O–H groups in total. The molecule has 17 heavy (non-hydrogen) atoms. The van der Waals surface area contributed by atoms with Crippen molar-refractivity contribution < 1.29 is 4.79 Å². The molecule has 0 bridgehead atoms. The van der Waals surface area contributed by atoms with E-state index in [0.29, 0.717) is 11.1 Å². The van der Waals surface area contributed by atoms with Crippen molar-refractivity contribution in [2.24, 2.45) is 0 Å². The van der Waals surface area contributed by atoms with Gasteiger partial charge in [0.25, 0.3) is 5.91 Å². The van der Waals surface area contributed by atoms with Crippen LogP contribution in [0.3, 0.4) is 0 Å². The number of rotatable bonds is 2. The van der Waals surface area contributed by atoms with Crippen LogP contribution in [0.1, 0.15) is 43.0 Å². The SMILES string of the molecule is CC[C@H]1CCCCN1C(=O)c1ccc(Cl)cc1. The van der Waals surface area contributed by atoms with Crippen molar-refractivity contribution in [2.45, 2.75) is 38.6 Å². The largest absolute Gasteiger partial charge is 0.336 e. The van der Waals surface area contributed by atoms with Gasteiger partial charge in [0, 0.05) is 23.2 Å². The van der Waals surface area contributed by atoms with Crippen molar-refractivity contribution in [3.8, 4) is 0 Å². The Bertz CT molecular complexity index is 388. The highest BCUT2D eigenvalue weighted by molar-refractivity contribution is 6.30. The van der Waals surface area contributed by atoms with Crippen LogP contribution >= 0.6 is 11.6 Å². The van der Waals surface area contributed by atoms with Gasteiger partial charge < -0.3 is 4.90 Å². The van der Waals surface area contributed by atoms with Crippen LogP contribution in [0.4, 0.5) is 0 Å². The fourth-order valence-corrected chi connectivity index (χ4v) is 2.58. The molecule has 0 aliphatic carbocycles. The van der Waals surface area contributed by atoms with Gasteiger partial charge in [-0.2, -0.15) is 0 Å². The second-order valence-electron chi connectivity index (χ2n) is 4.56. The topological polar surface area (TPSA) is 20.3 Å². The summed E-state index contributed by atoms with van der Waals surface area (Å²) in [5.74, 6) is 0.146. The van der Waals surface area contributed by atoms with Gasteiger partial charge in [-0.05, 0) is 49.9 Å². The molecule has 1 aliphatic rings. The van der Waals surface area contributed by atoms with E-state index in [1.807, 2.05) is 17.0 Å². The summed E-state index contributed by atoms with van der Waals surface area (Å²) in [6.07, 6.45) is 4.54. The lowest BCUT2D eigenvalue weighted by Gasteiger charge is -2.35. The summed E-state index contributed by atoms with van der Waals surface area (Å²) >= 11 is 5.83. The maximum atomic E-state index is 12.4. The summed E-state index contributed by atoms with van der Waals surface area (Å²) in [5, 5.41) is 0.673. The summed E-state index contributed by atoms with van der Waals surface area (Å²) in [6.45, 7) is 3.04. The molecule has 1 aromatic carbocycles. The summed E-state index contributed by atoms with van der Waals surface area (Å²) in [7, 11) is 0. The quantitative estimate of drug-likeness (QED) is 0.784. The third kappa shape index (κ3) is 2.81. The van der Waals surface area contributed by atoms with Gasteiger partial charge in [0.05, 0.1) is 0 Å². The van der Waals surface area contributed by atoms with E-state index >= 15 is 0 Å². The van der Waals surface area contributed by atoms with Crippen molar-refractivity contribution in [2.75, 3.05) is 6.54 Å². The van der Waals surface area contributed by atoms with Crippen LogP contribution in [-0.2, 0) is 0 Å². The van der Waals surface area contributed by atoms with Gasteiger partial charge in [-0.25, -0.2) is 0 Å². The average Bonchev–Trinajstić information content (AvgIpc) is 2.39. The van der Waals surface area contributed by atoms with Crippen molar-refractivity contribution in [3.63, 3.8) is 0 Å². The Balaban J connectivity index is 2.15. The molecule has 0 spiro atoms. The molecule has 1 amide bonds. The average molecular weight is 252 g/mol. The van der Waals surface area contributed by atoms with Crippen LogP contribution in [0.15, 0.2) is 24.3 Å². The zero-order valence-corrected chi connectivity index (χ0v) is 10.9. The highest BCUT2D eigenvalue weighted by Gasteiger charge is 2.25. The van der Waals surface area contributed by atoms with Gasteiger partial charge in [-0.1, -0.05) is 18.5 Å². The van der Waals surface area contributed by atoms with Crippen molar-refractivity contribution >= 4 is 17.5 Å². The molecule has 1 aromatic rings. The predicted molar refractivity (Wildman–Crippen MR) is 70.4 cm³/mol. The lowest BCUT2D eigenvalue weighted by atomic mass is 9.99. The van der Waals surface area contributed by atoms with Crippen molar-refractivity contribution in [1.29, 1.82) is 0 Å². The van der Waals surface area contributed by atoms with Crippen molar-refractivity contribution in [1.82, 2.24) is 4.90 Å². The molecule has 1 heterocycles. The van der Waals surface area contributed by atoms with Gasteiger partial charge in [0.2, 0.25) is 0 Å². The number of piperidine rings is 1. The van der Waals surface area contributed by atoms with Crippen LogP contribution < -0.4 is 0 Å². The van der Waals surface area contributed by atoms with E-state index in [1.165, 1.54) is 6.42 Å². The second kappa shape index (κ2) is 5.54. The maximum absolute atomic E-state index is 12.4. The Hall–Kier alpha value is -1.02. The molecule has 2 rings (SSSR count). The standard InChI is InChI=1S/C14H18ClNO/c1-2-13-5-3-4-10-16(13)14(17)11-6-8-12(15)9-7-11/h6-9,13H,2-5,10H2,1H3/t13-/m0/s1. The number of halogens is 1. The van der Waals surface area contributed by atoms with Crippen LogP contribution in [0.5, 0.6) is 0 Å². The summed E-state index contributed by atoms with van der Waals surface area (Å²) in [5.41, 5.74) is 0.745. The molecule has 0 aromatic heterocycles. The molecule has 1 fully saturated rings. The minimum absolute atomic E-state index is 0.146. The molecule has 0 unspecified atom stereocenters. The molecule has 1 atom stereocenters. The monoisotopic (exact) mass is 251 g/mol. The van der Waals surface area contributed by atoms with Gasteiger partial charge in [-0.3, -0.25) is 4.79 Å². The third-order valence-electron chi connectivity index (χ3n) is 3.45. The number of hydrogen-bond acceptors (Lipinski definition) is 1. The van der Waals surface area contributed by atoms with E-state index in [0.717, 1.165) is 31.4 Å². The van der Waals surface area contributed by atoms with E-state index in [1.54, 1.807) is 12.1 Å². The number of carbonyl (C=O) groups is 1. The Morgan fingerprint density at radius 2 is 2.06 bits per heavy atom. The fraction of sp³-hybridized carbons (Fsp3) is 0.500. The lowest BCUT2D eigenvalue weighted by molar-refractivity contribution is 0.0608. The molecule has 1 aliphatic heterocycles. The Morgan fingerprint density at radius 3 is 2.71 bits per heavy atom. The molecular weight excluding hydrogens is 234 g/mol. The second-order valence-corrected chi connectivity index (χ2v) is 5.00. The molecule has 2 nitrogen and oxygen atoms in total. The third-order valence-corrected chi connectivity index (χ3v) is 3.70. The van der Waals surface area contributed by atoms with E-state index in [4.69, 9.17) is 11.6 Å². The first-order valence-corrected chi connectivity index (χ1v) is 6.66. The Labute approximate surface area is 108 Å². The Morgan fingerprint density at radius 1 is 1.35 bits per heavy atom. The lowest BCUT2D eigenvalue weighted by Crippen LogP contribution is -2.43. The van der Waals surface area contributed by atoms with E-state index < -0.39 is 0 Å². The maximum Gasteiger partial charge on any atom is 0.254 e. The van der Waals surface area contributed by atoms with E-state index in [2.05, 4.69) is 6.92 Å².